The van der Waals surface area contributed by atoms with Gasteiger partial charge in [-0.1, -0.05) is 23.7 Å². The lowest BCUT2D eigenvalue weighted by molar-refractivity contribution is 0.0152. The number of para-hydroxylation sites is 1. The van der Waals surface area contributed by atoms with Crippen LogP contribution in [0.5, 0.6) is 0 Å². The summed E-state index contributed by atoms with van der Waals surface area (Å²) in [5.41, 5.74) is 1.02. The molecule has 1 aromatic rings. The molecule has 19 heavy (non-hydrogen) atoms. The van der Waals surface area contributed by atoms with Crippen molar-refractivity contribution in [2.75, 3.05) is 38.1 Å². The van der Waals surface area contributed by atoms with E-state index in [0.29, 0.717) is 6.10 Å². The average Bonchev–Trinajstić information content (AvgIpc) is 2.43. The normalized spacial score (nSPS) is 17.6. The molecular weight excluding hydrogens is 260 g/mol. The summed E-state index contributed by atoms with van der Waals surface area (Å²) in [6.07, 6.45) is 2.78. The van der Waals surface area contributed by atoms with E-state index in [-0.39, 0.29) is 0 Å². The standard InChI is InChI=1S/C15H23ClN2O/c1-2-19-13-7-10-18(11-8-13)12-9-17-15-6-4-3-5-14(15)16/h3-6,13,17H,2,7-12H2,1H3. The van der Waals surface area contributed by atoms with Crippen LogP contribution >= 0.6 is 11.6 Å². The summed E-state index contributed by atoms with van der Waals surface area (Å²) in [7, 11) is 0. The van der Waals surface area contributed by atoms with Gasteiger partial charge in [0.2, 0.25) is 0 Å². The van der Waals surface area contributed by atoms with Crippen molar-refractivity contribution < 1.29 is 4.74 Å². The number of benzene rings is 1. The first-order valence-electron chi connectivity index (χ1n) is 7.12. The number of piperidine rings is 1. The quantitative estimate of drug-likeness (QED) is 0.867. The van der Waals surface area contributed by atoms with Crippen LogP contribution in [0.15, 0.2) is 24.3 Å². The summed E-state index contributed by atoms with van der Waals surface area (Å²) in [4.78, 5) is 2.49. The lowest BCUT2D eigenvalue weighted by atomic mass is 10.1. The van der Waals surface area contributed by atoms with Crippen LogP contribution in [-0.4, -0.2) is 43.8 Å². The number of anilines is 1. The smallest absolute Gasteiger partial charge is 0.0637 e. The number of halogens is 1. The Bertz CT molecular complexity index is 378. The third-order valence-corrected chi connectivity index (χ3v) is 3.88. The molecule has 4 heteroatoms. The summed E-state index contributed by atoms with van der Waals surface area (Å²) in [5.74, 6) is 0. The zero-order valence-corrected chi connectivity index (χ0v) is 12.3. The van der Waals surface area contributed by atoms with Crippen molar-refractivity contribution in [3.63, 3.8) is 0 Å². The SMILES string of the molecule is CCOC1CCN(CCNc2ccccc2Cl)CC1. The number of nitrogens with one attached hydrogen (secondary N) is 1. The number of rotatable bonds is 6. The van der Waals surface area contributed by atoms with E-state index in [0.717, 1.165) is 56.3 Å². The zero-order valence-electron chi connectivity index (χ0n) is 11.6. The largest absolute Gasteiger partial charge is 0.383 e. The zero-order chi connectivity index (χ0) is 13.5. The van der Waals surface area contributed by atoms with Crippen molar-refractivity contribution in [3.05, 3.63) is 29.3 Å². The van der Waals surface area contributed by atoms with Crippen LogP contribution in [0.3, 0.4) is 0 Å². The second-order valence-electron chi connectivity index (χ2n) is 4.90. The molecule has 2 rings (SSSR count). The molecule has 0 bridgehead atoms. The third kappa shape index (κ3) is 4.68. The van der Waals surface area contributed by atoms with E-state index in [1.165, 1.54) is 0 Å². The predicted molar refractivity (Wildman–Crippen MR) is 81.0 cm³/mol. The first kappa shape index (κ1) is 14.6. The van der Waals surface area contributed by atoms with Crippen molar-refractivity contribution in [1.29, 1.82) is 0 Å². The molecule has 0 atom stereocenters. The Labute approximate surface area is 120 Å². The molecule has 3 nitrogen and oxygen atoms in total. The first-order valence-corrected chi connectivity index (χ1v) is 7.49. The van der Waals surface area contributed by atoms with Crippen molar-refractivity contribution in [2.24, 2.45) is 0 Å². The molecule has 0 spiro atoms. The molecule has 0 aliphatic carbocycles. The maximum Gasteiger partial charge on any atom is 0.0637 e. The van der Waals surface area contributed by atoms with Gasteiger partial charge in [-0.15, -0.1) is 0 Å². The maximum atomic E-state index is 6.11. The molecule has 1 aliphatic heterocycles. The number of hydrogen-bond donors (Lipinski definition) is 1. The monoisotopic (exact) mass is 282 g/mol. The highest BCUT2D eigenvalue weighted by molar-refractivity contribution is 6.33. The Balaban J connectivity index is 1.66. The van der Waals surface area contributed by atoms with Crippen LogP contribution in [0, 0.1) is 0 Å². The molecule has 1 N–H and O–H groups in total. The minimum atomic E-state index is 0.470. The van der Waals surface area contributed by atoms with E-state index in [1.807, 2.05) is 24.3 Å². The molecule has 0 aromatic heterocycles. The van der Waals surface area contributed by atoms with Crippen LogP contribution in [0.1, 0.15) is 19.8 Å². The van der Waals surface area contributed by atoms with E-state index in [1.54, 1.807) is 0 Å². The number of hydrogen-bond acceptors (Lipinski definition) is 3. The van der Waals surface area contributed by atoms with E-state index >= 15 is 0 Å². The topological polar surface area (TPSA) is 24.5 Å². The van der Waals surface area contributed by atoms with Crippen molar-refractivity contribution >= 4 is 17.3 Å². The summed E-state index contributed by atoms with van der Waals surface area (Å²) >= 11 is 6.11. The Morgan fingerprint density at radius 2 is 2.05 bits per heavy atom. The van der Waals surface area contributed by atoms with Crippen LogP contribution in [0.4, 0.5) is 5.69 Å². The summed E-state index contributed by atoms with van der Waals surface area (Å²) in [6.45, 7) is 7.16. The van der Waals surface area contributed by atoms with Gasteiger partial charge in [0.15, 0.2) is 0 Å². The highest BCUT2D eigenvalue weighted by Gasteiger charge is 2.18. The molecule has 0 radical (unpaired) electrons. The fourth-order valence-electron chi connectivity index (χ4n) is 2.49. The van der Waals surface area contributed by atoms with Crippen molar-refractivity contribution in [1.82, 2.24) is 4.90 Å². The summed E-state index contributed by atoms with van der Waals surface area (Å²) in [6, 6.07) is 7.88. The van der Waals surface area contributed by atoms with Gasteiger partial charge >= 0.3 is 0 Å². The van der Waals surface area contributed by atoms with E-state index in [2.05, 4.69) is 17.1 Å². The molecule has 1 heterocycles. The first-order chi connectivity index (χ1) is 9.29. The Kier molecular flexibility index (Phi) is 5.95. The Hall–Kier alpha value is -0.770. The van der Waals surface area contributed by atoms with Crippen LogP contribution in [0.2, 0.25) is 5.02 Å². The highest BCUT2D eigenvalue weighted by Crippen LogP contribution is 2.20. The summed E-state index contributed by atoms with van der Waals surface area (Å²) in [5, 5.41) is 4.18. The van der Waals surface area contributed by atoms with Crippen molar-refractivity contribution in [2.45, 2.75) is 25.9 Å². The lowest BCUT2D eigenvalue weighted by Gasteiger charge is -2.31. The Morgan fingerprint density at radius 3 is 2.74 bits per heavy atom. The van der Waals surface area contributed by atoms with E-state index < -0.39 is 0 Å². The molecule has 1 saturated heterocycles. The van der Waals surface area contributed by atoms with Crippen LogP contribution < -0.4 is 5.32 Å². The molecular formula is C15H23ClN2O. The predicted octanol–water partition coefficient (Wildman–Crippen LogP) is 3.25. The summed E-state index contributed by atoms with van der Waals surface area (Å²) < 4.78 is 5.66. The fourth-order valence-corrected chi connectivity index (χ4v) is 2.69. The number of likely N-dealkylation sites (tertiary alicyclic amines) is 1. The van der Waals surface area contributed by atoms with Gasteiger partial charge in [-0.2, -0.15) is 0 Å². The molecule has 0 unspecified atom stereocenters. The minimum absolute atomic E-state index is 0.470. The Morgan fingerprint density at radius 1 is 1.32 bits per heavy atom. The molecule has 0 amide bonds. The van der Waals surface area contributed by atoms with Gasteiger partial charge in [0.1, 0.15) is 0 Å². The van der Waals surface area contributed by atoms with Crippen molar-refractivity contribution in [3.8, 4) is 0 Å². The maximum absolute atomic E-state index is 6.11. The molecule has 0 saturated carbocycles. The number of ether oxygens (including phenoxy) is 1. The molecule has 106 valence electrons. The second-order valence-corrected chi connectivity index (χ2v) is 5.31. The second kappa shape index (κ2) is 7.73. The van der Waals surface area contributed by atoms with E-state index in [9.17, 15) is 0 Å². The molecule has 1 fully saturated rings. The highest BCUT2D eigenvalue weighted by atomic mass is 35.5. The third-order valence-electron chi connectivity index (χ3n) is 3.55. The molecule has 1 aliphatic rings. The minimum Gasteiger partial charge on any atom is -0.383 e. The van der Waals surface area contributed by atoms with E-state index in [4.69, 9.17) is 16.3 Å². The van der Waals surface area contributed by atoms with Gasteiger partial charge < -0.3 is 15.0 Å². The van der Waals surface area contributed by atoms with Gasteiger partial charge in [-0.05, 0) is 31.9 Å². The van der Waals surface area contributed by atoms with Gasteiger partial charge in [-0.25, -0.2) is 0 Å². The van der Waals surface area contributed by atoms with Gasteiger partial charge in [0.25, 0.3) is 0 Å². The fraction of sp³-hybridized carbons (Fsp3) is 0.600. The van der Waals surface area contributed by atoms with Crippen LogP contribution in [0.25, 0.3) is 0 Å². The average molecular weight is 283 g/mol. The van der Waals surface area contributed by atoms with Gasteiger partial charge in [-0.3, -0.25) is 0 Å². The molecule has 1 aromatic carbocycles. The van der Waals surface area contributed by atoms with Gasteiger partial charge in [0.05, 0.1) is 16.8 Å². The van der Waals surface area contributed by atoms with Gasteiger partial charge in [0, 0.05) is 32.8 Å². The lowest BCUT2D eigenvalue weighted by Crippen LogP contribution is -2.39. The van der Waals surface area contributed by atoms with Crippen LogP contribution in [-0.2, 0) is 4.74 Å². The number of nitrogens with zero attached hydrogens (tertiary/aromatic N) is 1.